The van der Waals surface area contributed by atoms with Crippen molar-refractivity contribution in [3.63, 3.8) is 0 Å². The molecule has 0 saturated carbocycles. The molecule has 3 nitrogen and oxygen atoms in total. The van der Waals surface area contributed by atoms with Gasteiger partial charge in [-0.05, 0) is 28.8 Å². The van der Waals surface area contributed by atoms with Crippen LogP contribution in [0.4, 0.5) is 0 Å². The van der Waals surface area contributed by atoms with Crippen molar-refractivity contribution in [3.8, 4) is 11.5 Å². The molecule has 1 heterocycles. The van der Waals surface area contributed by atoms with Crippen molar-refractivity contribution in [2.24, 2.45) is 0 Å². The van der Waals surface area contributed by atoms with E-state index in [1.165, 1.54) is 16.7 Å². The summed E-state index contributed by atoms with van der Waals surface area (Å²) >= 11 is 0. The zero-order valence-electron chi connectivity index (χ0n) is 11.8. The molecule has 3 rings (SSSR count). The first-order chi connectivity index (χ1) is 9.83. The Bertz CT molecular complexity index is 595. The van der Waals surface area contributed by atoms with Crippen LogP contribution in [-0.4, -0.2) is 20.8 Å². The number of methoxy groups -OCH3 is 2. The summed E-state index contributed by atoms with van der Waals surface area (Å²) in [6, 6.07) is 14.8. The van der Waals surface area contributed by atoms with Gasteiger partial charge in [-0.2, -0.15) is 0 Å². The molecule has 3 heteroatoms. The molecule has 0 saturated heterocycles. The molecule has 0 aliphatic carbocycles. The summed E-state index contributed by atoms with van der Waals surface area (Å²) in [6.07, 6.45) is 0. The third-order valence-electron chi connectivity index (χ3n) is 3.89. The predicted octanol–water partition coefficient (Wildman–Crippen LogP) is 2.94. The van der Waals surface area contributed by atoms with Crippen molar-refractivity contribution >= 4 is 0 Å². The molecule has 1 aliphatic rings. The van der Waals surface area contributed by atoms with Gasteiger partial charge in [0, 0.05) is 19.0 Å². The molecule has 0 amide bonds. The smallest absolute Gasteiger partial charge is 0.161 e. The second kappa shape index (κ2) is 5.55. The average Bonchev–Trinajstić information content (AvgIpc) is 2.53. The van der Waals surface area contributed by atoms with Crippen molar-refractivity contribution in [2.75, 3.05) is 20.8 Å². The molecule has 0 aromatic heterocycles. The average molecular weight is 269 g/mol. The second-order valence-electron chi connectivity index (χ2n) is 5.00. The highest BCUT2D eigenvalue weighted by Crippen LogP contribution is 2.37. The fraction of sp³-hybridized carbons (Fsp3) is 0.294. The number of rotatable bonds is 3. The Kier molecular flexibility index (Phi) is 3.61. The van der Waals surface area contributed by atoms with Gasteiger partial charge in [0.05, 0.1) is 14.2 Å². The van der Waals surface area contributed by atoms with Gasteiger partial charge in [-0.15, -0.1) is 0 Å². The lowest BCUT2D eigenvalue weighted by molar-refractivity contribution is 0.353. The van der Waals surface area contributed by atoms with E-state index in [-0.39, 0.29) is 0 Å². The summed E-state index contributed by atoms with van der Waals surface area (Å²) in [5, 5.41) is 3.48. The minimum absolute atomic E-state index is 0.361. The van der Waals surface area contributed by atoms with Gasteiger partial charge in [0.1, 0.15) is 0 Å². The Morgan fingerprint density at radius 1 is 1.00 bits per heavy atom. The monoisotopic (exact) mass is 269 g/mol. The summed E-state index contributed by atoms with van der Waals surface area (Å²) in [5.74, 6) is 1.95. The molecule has 2 aromatic rings. The lowest BCUT2D eigenvalue weighted by Gasteiger charge is -2.28. The van der Waals surface area contributed by atoms with E-state index in [1.54, 1.807) is 14.2 Å². The Labute approximate surface area is 119 Å². The third kappa shape index (κ3) is 2.25. The van der Waals surface area contributed by atoms with Crippen LogP contribution >= 0.6 is 0 Å². The molecular formula is C17H19NO2. The van der Waals surface area contributed by atoms with Crippen molar-refractivity contribution in [2.45, 2.75) is 12.5 Å². The van der Waals surface area contributed by atoms with E-state index in [0.29, 0.717) is 5.92 Å². The van der Waals surface area contributed by atoms with Gasteiger partial charge in [0.2, 0.25) is 0 Å². The Morgan fingerprint density at radius 2 is 1.70 bits per heavy atom. The fourth-order valence-corrected chi connectivity index (χ4v) is 2.86. The van der Waals surface area contributed by atoms with Crippen molar-refractivity contribution in [1.82, 2.24) is 5.32 Å². The standard InChI is InChI=1S/C17H19NO2/c1-19-16-8-13-10-18-11-15(12-6-4-3-5-7-12)14(13)9-17(16)20-2/h3-9,15,18H,10-11H2,1-2H3/t15-/m1/s1. The van der Waals surface area contributed by atoms with Gasteiger partial charge in [0.15, 0.2) is 11.5 Å². The van der Waals surface area contributed by atoms with E-state index in [9.17, 15) is 0 Å². The quantitative estimate of drug-likeness (QED) is 0.929. The summed E-state index contributed by atoms with van der Waals surface area (Å²) < 4.78 is 10.8. The van der Waals surface area contributed by atoms with E-state index in [1.807, 2.05) is 0 Å². The Balaban J connectivity index is 2.08. The molecule has 1 atom stereocenters. The van der Waals surface area contributed by atoms with Crippen LogP contribution in [0.25, 0.3) is 0 Å². The summed E-state index contributed by atoms with van der Waals surface area (Å²) in [5.41, 5.74) is 3.93. The van der Waals surface area contributed by atoms with Gasteiger partial charge >= 0.3 is 0 Å². The molecule has 0 unspecified atom stereocenters. The van der Waals surface area contributed by atoms with Gasteiger partial charge in [-0.3, -0.25) is 0 Å². The topological polar surface area (TPSA) is 30.5 Å². The van der Waals surface area contributed by atoms with E-state index >= 15 is 0 Å². The highest BCUT2D eigenvalue weighted by atomic mass is 16.5. The fourth-order valence-electron chi connectivity index (χ4n) is 2.86. The SMILES string of the molecule is COc1cc2c(cc1OC)[C@@H](c1ccccc1)CNC2. The maximum Gasteiger partial charge on any atom is 0.161 e. The van der Waals surface area contributed by atoms with Gasteiger partial charge < -0.3 is 14.8 Å². The largest absolute Gasteiger partial charge is 0.493 e. The first-order valence-electron chi connectivity index (χ1n) is 6.84. The number of hydrogen-bond donors (Lipinski definition) is 1. The number of hydrogen-bond acceptors (Lipinski definition) is 3. The van der Waals surface area contributed by atoms with E-state index < -0.39 is 0 Å². The number of nitrogens with one attached hydrogen (secondary N) is 1. The lowest BCUT2D eigenvalue weighted by Crippen LogP contribution is -2.28. The number of benzene rings is 2. The van der Waals surface area contributed by atoms with Crippen LogP contribution in [0.15, 0.2) is 42.5 Å². The van der Waals surface area contributed by atoms with Gasteiger partial charge in [-0.1, -0.05) is 30.3 Å². The zero-order valence-corrected chi connectivity index (χ0v) is 11.8. The number of ether oxygens (including phenoxy) is 2. The van der Waals surface area contributed by atoms with Gasteiger partial charge in [0.25, 0.3) is 0 Å². The molecule has 2 aromatic carbocycles. The molecule has 0 radical (unpaired) electrons. The zero-order chi connectivity index (χ0) is 13.9. The maximum absolute atomic E-state index is 5.44. The first-order valence-corrected chi connectivity index (χ1v) is 6.84. The second-order valence-corrected chi connectivity index (χ2v) is 5.00. The van der Waals surface area contributed by atoms with Crippen LogP contribution in [-0.2, 0) is 6.54 Å². The van der Waals surface area contributed by atoms with E-state index in [0.717, 1.165) is 24.6 Å². The van der Waals surface area contributed by atoms with Crippen LogP contribution in [0.3, 0.4) is 0 Å². The Hall–Kier alpha value is -2.00. The van der Waals surface area contributed by atoms with E-state index in [2.05, 4.69) is 47.8 Å². The van der Waals surface area contributed by atoms with Crippen LogP contribution < -0.4 is 14.8 Å². The molecule has 0 fully saturated rings. The minimum atomic E-state index is 0.361. The minimum Gasteiger partial charge on any atom is -0.493 e. The van der Waals surface area contributed by atoms with Crippen molar-refractivity contribution in [3.05, 3.63) is 59.2 Å². The first kappa shape index (κ1) is 13.0. The van der Waals surface area contributed by atoms with Crippen molar-refractivity contribution in [1.29, 1.82) is 0 Å². The molecule has 20 heavy (non-hydrogen) atoms. The van der Waals surface area contributed by atoms with Crippen LogP contribution in [0.1, 0.15) is 22.6 Å². The van der Waals surface area contributed by atoms with Crippen LogP contribution in [0.5, 0.6) is 11.5 Å². The highest BCUT2D eigenvalue weighted by molar-refractivity contribution is 5.51. The maximum atomic E-state index is 5.44. The lowest BCUT2D eigenvalue weighted by atomic mass is 9.85. The molecule has 0 bridgehead atoms. The summed E-state index contributed by atoms with van der Waals surface area (Å²) in [7, 11) is 3.36. The highest BCUT2D eigenvalue weighted by Gasteiger charge is 2.23. The normalized spacial score (nSPS) is 17.4. The third-order valence-corrected chi connectivity index (χ3v) is 3.89. The summed E-state index contributed by atoms with van der Waals surface area (Å²) in [6.45, 7) is 1.82. The molecular weight excluding hydrogens is 250 g/mol. The molecule has 104 valence electrons. The van der Waals surface area contributed by atoms with Gasteiger partial charge in [-0.25, -0.2) is 0 Å². The van der Waals surface area contributed by atoms with E-state index in [4.69, 9.17) is 9.47 Å². The molecule has 1 N–H and O–H groups in total. The number of fused-ring (bicyclic) bond motifs is 1. The molecule has 0 spiro atoms. The van der Waals surface area contributed by atoms with Crippen LogP contribution in [0, 0.1) is 0 Å². The van der Waals surface area contributed by atoms with Crippen LogP contribution in [0.2, 0.25) is 0 Å². The van der Waals surface area contributed by atoms with Crippen molar-refractivity contribution < 1.29 is 9.47 Å². The predicted molar refractivity (Wildman–Crippen MR) is 79.5 cm³/mol. The Morgan fingerprint density at radius 3 is 2.40 bits per heavy atom. The molecule has 1 aliphatic heterocycles. The summed E-state index contributed by atoms with van der Waals surface area (Å²) in [4.78, 5) is 0.